The highest BCUT2D eigenvalue weighted by Gasteiger charge is 2.28. The van der Waals surface area contributed by atoms with E-state index in [4.69, 9.17) is 14.5 Å². The van der Waals surface area contributed by atoms with Gasteiger partial charge in [0.2, 0.25) is 0 Å². The zero-order valence-electron chi connectivity index (χ0n) is 20.9. The molecule has 5 rings (SSSR count). The summed E-state index contributed by atoms with van der Waals surface area (Å²) in [6.07, 6.45) is 0.174. The summed E-state index contributed by atoms with van der Waals surface area (Å²) in [4.78, 5) is 33.5. The Morgan fingerprint density at radius 2 is 1.68 bits per heavy atom. The second-order valence-electron chi connectivity index (χ2n) is 9.15. The van der Waals surface area contributed by atoms with Gasteiger partial charge in [-0.15, -0.1) is 0 Å². The van der Waals surface area contributed by atoms with Crippen LogP contribution in [0.15, 0.2) is 78.9 Å². The Hall–Kier alpha value is -4.23. The van der Waals surface area contributed by atoms with Crippen molar-refractivity contribution in [2.45, 2.75) is 32.4 Å². The van der Waals surface area contributed by atoms with Gasteiger partial charge in [-0.05, 0) is 55.9 Å². The maximum absolute atomic E-state index is 13.5. The second kappa shape index (κ2) is 10.8. The number of aromatic nitrogens is 1. The lowest BCUT2D eigenvalue weighted by atomic mass is 9.96. The molecule has 0 saturated carbocycles. The number of pyridine rings is 1. The Labute approximate surface area is 216 Å². The van der Waals surface area contributed by atoms with Gasteiger partial charge in [0.1, 0.15) is 11.5 Å². The lowest BCUT2D eigenvalue weighted by Gasteiger charge is -2.27. The summed E-state index contributed by atoms with van der Waals surface area (Å²) in [7, 11) is 2.02. The number of amides is 1. The van der Waals surface area contributed by atoms with Crippen molar-refractivity contribution >= 4 is 28.5 Å². The number of nitrogens with zero attached hydrogens (tertiary/aromatic N) is 2. The Morgan fingerprint density at radius 1 is 0.973 bits per heavy atom. The molecule has 37 heavy (non-hydrogen) atoms. The van der Waals surface area contributed by atoms with Crippen LogP contribution in [-0.4, -0.2) is 41.5 Å². The van der Waals surface area contributed by atoms with E-state index in [1.807, 2.05) is 68.6 Å². The summed E-state index contributed by atoms with van der Waals surface area (Å²) in [6.45, 7) is 3.31. The third kappa shape index (κ3) is 5.47. The number of likely N-dealkylation sites (N-methyl/N-ethyl adjacent to an activating group) is 1. The Balaban J connectivity index is 1.32. The third-order valence-corrected chi connectivity index (χ3v) is 6.45. The Bertz CT molecular complexity index is 1420. The Kier molecular flexibility index (Phi) is 7.14. The molecule has 1 aliphatic rings. The zero-order valence-corrected chi connectivity index (χ0v) is 20.9. The minimum atomic E-state index is -0.934. The van der Waals surface area contributed by atoms with Crippen LogP contribution in [0.25, 0.3) is 10.9 Å². The molecule has 7 nitrogen and oxygen atoms in total. The maximum atomic E-state index is 13.5. The van der Waals surface area contributed by atoms with E-state index < -0.39 is 12.1 Å². The molecule has 0 radical (unpaired) electrons. The number of fused-ring (bicyclic) bond motifs is 2. The summed E-state index contributed by atoms with van der Waals surface area (Å²) in [5.41, 5.74) is 3.64. The average molecular weight is 496 g/mol. The molecule has 2 heterocycles. The SMILES string of the molecule is CCC(OC(=O)c1c2c(nc3ccccc13)CCN(C)C2)C(=O)Nc1ccc(Oc2ccccc2)cc1. The number of carbonyl (C=O) groups is 2. The molecule has 1 atom stereocenters. The highest BCUT2D eigenvalue weighted by Crippen LogP contribution is 2.29. The fourth-order valence-electron chi connectivity index (χ4n) is 4.52. The van der Waals surface area contributed by atoms with Crippen LogP contribution in [0.2, 0.25) is 0 Å². The van der Waals surface area contributed by atoms with E-state index in [1.165, 1.54) is 0 Å². The number of benzene rings is 3. The first-order chi connectivity index (χ1) is 18.0. The molecule has 0 saturated heterocycles. The minimum absolute atomic E-state index is 0.345. The summed E-state index contributed by atoms with van der Waals surface area (Å²) in [5.74, 6) is 0.506. The fourth-order valence-corrected chi connectivity index (χ4v) is 4.52. The molecule has 1 N–H and O–H groups in total. The number of ether oxygens (including phenoxy) is 2. The molecule has 1 aliphatic heterocycles. The summed E-state index contributed by atoms with van der Waals surface area (Å²) in [6, 6.07) is 24.1. The van der Waals surface area contributed by atoms with Gasteiger partial charge in [0.25, 0.3) is 5.91 Å². The van der Waals surface area contributed by atoms with Crippen molar-refractivity contribution < 1.29 is 19.1 Å². The molecule has 0 aliphatic carbocycles. The van der Waals surface area contributed by atoms with Crippen LogP contribution in [-0.2, 0) is 22.5 Å². The van der Waals surface area contributed by atoms with Crippen LogP contribution >= 0.6 is 0 Å². The van der Waals surface area contributed by atoms with Gasteiger partial charge in [-0.25, -0.2) is 4.79 Å². The van der Waals surface area contributed by atoms with Crippen molar-refractivity contribution in [1.29, 1.82) is 0 Å². The zero-order chi connectivity index (χ0) is 25.8. The monoisotopic (exact) mass is 495 g/mol. The molecular formula is C30H29N3O4. The number of anilines is 1. The van der Waals surface area contributed by atoms with Crippen molar-refractivity contribution in [2.75, 3.05) is 18.9 Å². The molecule has 0 bridgehead atoms. The highest BCUT2D eigenvalue weighted by molar-refractivity contribution is 6.06. The van der Waals surface area contributed by atoms with Crippen molar-refractivity contribution in [3.63, 3.8) is 0 Å². The predicted octanol–water partition coefficient (Wildman–Crippen LogP) is 5.59. The van der Waals surface area contributed by atoms with Crippen LogP contribution < -0.4 is 10.1 Å². The molecule has 0 fully saturated rings. The first-order valence-electron chi connectivity index (χ1n) is 12.5. The molecule has 188 valence electrons. The standard InChI is InChI=1S/C30H29N3O4/c1-3-27(29(34)31-20-13-15-22(16-14-20)36-21-9-5-4-6-10-21)37-30(35)28-23-11-7-8-12-25(23)32-26-17-18-33(2)19-24(26)28/h4-16,27H,3,17-19H2,1-2H3,(H,31,34). The predicted molar refractivity (Wildman–Crippen MR) is 143 cm³/mol. The summed E-state index contributed by atoms with van der Waals surface area (Å²) in [5, 5.41) is 3.60. The van der Waals surface area contributed by atoms with Crippen LogP contribution in [0, 0.1) is 0 Å². The van der Waals surface area contributed by atoms with Gasteiger partial charge in [-0.3, -0.25) is 9.78 Å². The van der Waals surface area contributed by atoms with E-state index in [0.717, 1.165) is 40.9 Å². The van der Waals surface area contributed by atoms with Crippen molar-refractivity contribution in [3.8, 4) is 11.5 Å². The molecule has 0 spiro atoms. The van der Waals surface area contributed by atoms with Gasteiger partial charge >= 0.3 is 5.97 Å². The number of hydrogen-bond donors (Lipinski definition) is 1. The minimum Gasteiger partial charge on any atom is -0.457 e. The largest absolute Gasteiger partial charge is 0.457 e. The number of para-hydroxylation sites is 2. The molecule has 4 aromatic rings. The highest BCUT2D eigenvalue weighted by atomic mass is 16.5. The van der Waals surface area contributed by atoms with E-state index in [2.05, 4.69) is 10.2 Å². The summed E-state index contributed by atoms with van der Waals surface area (Å²) >= 11 is 0. The van der Waals surface area contributed by atoms with Gasteiger partial charge in [0, 0.05) is 41.8 Å². The normalized spacial score (nSPS) is 14.0. The number of carbonyl (C=O) groups excluding carboxylic acids is 2. The number of nitrogens with one attached hydrogen (secondary N) is 1. The quantitative estimate of drug-likeness (QED) is 0.337. The third-order valence-electron chi connectivity index (χ3n) is 6.45. The van der Waals surface area contributed by atoms with Crippen LogP contribution in [0.3, 0.4) is 0 Å². The topological polar surface area (TPSA) is 80.8 Å². The van der Waals surface area contributed by atoms with Crippen LogP contribution in [0.5, 0.6) is 11.5 Å². The first kappa shape index (κ1) is 24.5. The van der Waals surface area contributed by atoms with E-state index in [0.29, 0.717) is 30.0 Å². The molecule has 1 unspecified atom stereocenters. The van der Waals surface area contributed by atoms with E-state index in [-0.39, 0.29) is 5.91 Å². The lowest BCUT2D eigenvalue weighted by Crippen LogP contribution is -2.34. The van der Waals surface area contributed by atoms with E-state index in [9.17, 15) is 9.59 Å². The lowest BCUT2D eigenvalue weighted by molar-refractivity contribution is -0.124. The Morgan fingerprint density at radius 3 is 2.43 bits per heavy atom. The van der Waals surface area contributed by atoms with E-state index in [1.54, 1.807) is 24.3 Å². The molecule has 7 heteroatoms. The van der Waals surface area contributed by atoms with Crippen molar-refractivity contribution in [2.24, 2.45) is 0 Å². The van der Waals surface area contributed by atoms with Crippen molar-refractivity contribution in [3.05, 3.63) is 95.7 Å². The molecule has 3 aromatic carbocycles. The maximum Gasteiger partial charge on any atom is 0.340 e. The number of esters is 1. The molecule has 1 aromatic heterocycles. The van der Waals surface area contributed by atoms with Gasteiger partial charge < -0.3 is 19.7 Å². The van der Waals surface area contributed by atoms with Gasteiger partial charge in [-0.1, -0.05) is 43.3 Å². The first-order valence-corrected chi connectivity index (χ1v) is 12.5. The van der Waals surface area contributed by atoms with Crippen LogP contribution in [0.4, 0.5) is 5.69 Å². The van der Waals surface area contributed by atoms with Crippen LogP contribution in [0.1, 0.15) is 35.0 Å². The van der Waals surface area contributed by atoms with E-state index >= 15 is 0 Å². The van der Waals surface area contributed by atoms with Crippen molar-refractivity contribution in [1.82, 2.24) is 9.88 Å². The summed E-state index contributed by atoms with van der Waals surface area (Å²) < 4.78 is 11.6. The average Bonchev–Trinajstić information content (AvgIpc) is 2.92. The fraction of sp³-hybridized carbons (Fsp3) is 0.233. The second-order valence-corrected chi connectivity index (χ2v) is 9.15. The van der Waals surface area contributed by atoms with Gasteiger partial charge in [0.05, 0.1) is 11.1 Å². The smallest absolute Gasteiger partial charge is 0.340 e. The molecular weight excluding hydrogens is 466 g/mol. The van der Waals surface area contributed by atoms with Gasteiger partial charge in [0.15, 0.2) is 6.10 Å². The number of hydrogen-bond acceptors (Lipinski definition) is 6. The van der Waals surface area contributed by atoms with Gasteiger partial charge in [-0.2, -0.15) is 0 Å². The molecule has 1 amide bonds. The number of rotatable bonds is 7.